The molecule has 3 saturated heterocycles. The third kappa shape index (κ3) is 3.45. The van der Waals surface area contributed by atoms with Crippen molar-refractivity contribution in [3.63, 3.8) is 0 Å². The Morgan fingerprint density at radius 2 is 1.91 bits per heavy atom. The molecule has 0 spiro atoms. The lowest BCUT2D eigenvalue weighted by molar-refractivity contribution is -0.149. The quantitative estimate of drug-likeness (QED) is 0.752. The van der Waals surface area contributed by atoms with Gasteiger partial charge in [-0.05, 0) is 27.2 Å². The molecule has 3 fully saturated rings. The Labute approximate surface area is 137 Å². The van der Waals surface area contributed by atoms with Crippen LogP contribution in [0.2, 0.25) is 0 Å². The highest BCUT2D eigenvalue weighted by molar-refractivity contribution is 5.89. The topological polar surface area (TPSA) is 71.1 Å². The molecule has 130 valence electrons. The van der Waals surface area contributed by atoms with Crippen molar-refractivity contribution in [1.82, 2.24) is 15.1 Å². The zero-order chi connectivity index (χ0) is 16.7. The zero-order valence-corrected chi connectivity index (χ0v) is 14.3. The molecule has 1 N–H and O–H groups in total. The molecule has 0 radical (unpaired) electrons. The van der Waals surface area contributed by atoms with Crippen LogP contribution in [0.15, 0.2) is 0 Å². The number of cyclic esters (lactones) is 1. The molecule has 7 nitrogen and oxygen atoms in total. The first kappa shape index (κ1) is 16.5. The van der Waals surface area contributed by atoms with E-state index in [-0.39, 0.29) is 12.0 Å². The van der Waals surface area contributed by atoms with Gasteiger partial charge < -0.3 is 19.7 Å². The molecule has 3 aliphatic heterocycles. The summed E-state index contributed by atoms with van der Waals surface area (Å²) in [6.07, 6.45) is 1.46. The van der Waals surface area contributed by atoms with Gasteiger partial charge in [-0.2, -0.15) is 0 Å². The summed E-state index contributed by atoms with van der Waals surface area (Å²) in [5.41, 5.74) is -1.46. The highest BCUT2D eigenvalue weighted by Crippen LogP contribution is 2.33. The summed E-state index contributed by atoms with van der Waals surface area (Å²) in [5, 5.41) is 2.90. The smallest absolute Gasteiger partial charge is 0.332 e. The maximum absolute atomic E-state index is 12.6. The van der Waals surface area contributed by atoms with E-state index in [2.05, 4.69) is 10.2 Å². The van der Waals surface area contributed by atoms with Gasteiger partial charge in [0.05, 0.1) is 13.2 Å². The number of hydrogen-bond acceptors (Lipinski definition) is 5. The minimum Gasteiger partial charge on any atom is -0.458 e. The van der Waals surface area contributed by atoms with Crippen LogP contribution in [0.4, 0.5) is 4.79 Å². The fourth-order valence-corrected chi connectivity index (χ4v) is 3.90. The number of carbonyl (C=O) groups is 2. The van der Waals surface area contributed by atoms with Crippen LogP contribution in [0.1, 0.15) is 33.6 Å². The second-order valence-electron chi connectivity index (χ2n) is 7.63. The van der Waals surface area contributed by atoms with Gasteiger partial charge in [0, 0.05) is 38.6 Å². The van der Waals surface area contributed by atoms with E-state index in [1.54, 1.807) is 6.92 Å². The maximum atomic E-state index is 12.6. The van der Waals surface area contributed by atoms with Gasteiger partial charge in [-0.25, -0.2) is 9.59 Å². The number of esters is 1. The Balaban J connectivity index is 1.56. The molecule has 23 heavy (non-hydrogen) atoms. The first-order valence-electron chi connectivity index (χ1n) is 8.41. The number of morpholine rings is 1. The van der Waals surface area contributed by atoms with E-state index in [0.29, 0.717) is 19.0 Å². The number of urea groups is 1. The van der Waals surface area contributed by atoms with Gasteiger partial charge in [-0.1, -0.05) is 0 Å². The molecule has 0 aromatic carbocycles. The molecule has 7 heteroatoms. The second-order valence-corrected chi connectivity index (χ2v) is 7.63. The van der Waals surface area contributed by atoms with Crippen molar-refractivity contribution >= 4 is 12.0 Å². The van der Waals surface area contributed by atoms with E-state index in [4.69, 9.17) is 9.47 Å². The van der Waals surface area contributed by atoms with Crippen molar-refractivity contribution in [1.29, 1.82) is 0 Å². The second kappa shape index (κ2) is 5.94. The highest BCUT2D eigenvalue weighted by Gasteiger charge is 2.51. The Morgan fingerprint density at radius 3 is 2.52 bits per heavy atom. The average Bonchev–Trinajstić information content (AvgIpc) is 3.03. The number of nitrogens with one attached hydrogen (secondary N) is 1. The number of nitrogens with zero attached hydrogens (tertiary/aromatic N) is 2. The zero-order valence-electron chi connectivity index (χ0n) is 14.3. The minimum atomic E-state index is -0.933. The van der Waals surface area contributed by atoms with Gasteiger partial charge in [0.2, 0.25) is 0 Å². The van der Waals surface area contributed by atoms with Gasteiger partial charge in [0.15, 0.2) is 0 Å². The normalized spacial score (nSPS) is 34.5. The molecule has 0 bridgehead atoms. The largest absolute Gasteiger partial charge is 0.458 e. The number of hydrogen-bond donors (Lipinski definition) is 1. The minimum absolute atomic E-state index is 0.169. The molecule has 0 aliphatic carbocycles. The number of likely N-dealkylation sites (tertiary alicyclic amines) is 1. The number of amides is 2. The first-order valence-corrected chi connectivity index (χ1v) is 8.41. The summed E-state index contributed by atoms with van der Waals surface area (Å²) in [4.78, 5) is 28.9. The van der Waals surface area contributed by atoms with Gasteiger partial charge >= 0.3 is 12.0 Å². The molecular weight excluding hydrogens is 298 g/mol. The summed E-state index contributed by atoms with van der Waals surface area (Å²) >= 11 is 0. The summed E-state index contributed by atoms with van der Waals surface area (Å²) in [6, 6.07) is 0.224. The Morgan fingerprint density at radius 1 is 1.22 bits per heavy atom. The first-order chi connectivity index (χ1) is 10.8. The lowest BCUT2D eigenvalue weighted by Crippen LogP contribution is -2.54. The van der Waals surface area contributed by atoms with E-state index in [0.717, 1.165) is 39.3 Å². The van der Waals surface area contributed by atoms with Crippen LogP contribution in [0.3, 0.4) is 0 Å². The van der Waals surface area contributed by atoms with Crippen molar-refractivity contribution in [2.45, 2.75) is 50.8 Å². The number of ether oxygens (including phenoxy) is 2. The Hall–Kier alpha value is -1.34. The lowest BCUT2D eigenvalue weighted by atomic mass is 9.92. The Kier molecular flexibility index (Phi) is 4.27. The van der Waals surface area contributed by atoms with Crippen LogP contribution in [-0.2, 0) is 14.3 Å². The van der Waals surface area contributed by atoms with Gasteiger partial charge in [-0.3, -0.25) is 4.90 Å². The lowest BCUT2D eigenvalue weighted by Gasteiger charge is -2.32. The van der Waals surface area contributed by atoms with Crippen molar-refractivity contribution in [2.24, 2.45) is 0 Å². The van der Waals surface area contributed by atoms with E-state index in [9.17, 15) is 9.59 Å². The molecule has 2 amide bonds. The molecule has 0 saturated carbocycles. The van der Waals surface area contributed by atoms with E-state index >= 15 is 0 Å². The van der Waals surface area contributed by atoms with Crippen LogP contribution in [0.5, 0.6) is 0 Å². The van der Waals surface area contributed by atoms with Crippen molar-refractivity contribution < 1.29 is 19.1 Å². The van der Waals surface area contributed by atoms with Crippen molar-refractivity contribution in [3.05, 3.63) is 0 Å². The third-order valence-corrected chi connectivity index (χ3v) is 4.99. The van der Waals surface area contributed by atoms with Crippen LogP contribution in [0, 0.1) is 0 Å². The van der Waals surface area contributed by atoms with Crippen molar-refractivity contribution in [2.75, 3.05) is 39.4 Å². The summed E-state index contributed by atoms with van der Waals surface area (Å²) in [7, 11) is 0. The standard InChI is InChI=1S/C16H27N3O4/c1-15(2)11-16(3,13(20)23-15)17-14(21)19-5-4-12(10-19)18-6-8-22-9-7-18/h12H,4-11H2,1-3H3,(H,17,21). The molecular formula is C16H27N3O4. The molecule has 3 aliphatic rings. The van der Waals surface area contributed by atoms with E-state index in [1.807, 2.05) is 18.7 Å². The van der Waals surface area contributed by atoms with Gasteiger partial charge in [-0.15, -0.1) is 0 Å². The van der Waals surface area contributed by atoms with E-state index in [1.165, 1.54) is 0 Å². The number of carbonyl (C=O) groups excluding carboxylic acids is 2. The predicted molar refractivity (Wildman–Crippen MR) is 84.1 cm³/mol. The third-order valence-electron chi connectivity index (χ3n) is 4.99. The fourth-order valence-electron chi connectivity index (χ4n) is 3.90. The average molecular weight is 325 g/mol. The van der Waals surface area contributed by atoms with E-state index < -0.39 is 11.1 Å². The molecule has 0 aromatic rings. The predicted octanol–water partition coefficient (Wildman–Crippen LogP) is 0.587. The molecule has 3 rings (SSSR count). The number of rotatable bonds is 2. The van der Waals surface area contributed by atoms with Crippen molar-refractivity contribution in [3.8, 4) is 0 Å². The molecule has 2 atom stereocenters. The molecule has 2 unspecified atom stereocenters. The highest BCUT2D eigenvalue weighted by atomic mass is 16.6. The molecule has 0 aromatic heterocycles. The van der Waals surface area contributed by atoms with Crippen LogP contribution in [-0.4, -0.2) is 78.4 Å². The van der Waals surface area contributed by atoms with Crippen LogP contribution >= 0.6 is 0 Å². The SMILES string of the molecule is CC1(C)CC(C)(NC(=O)N2CCC(N3CCOCC3)C2)C(=O)O1. The van der Waals surface area contributed by atoms with Crippen LogP contribution in [0.25, 0.3) is 0 Å². The summed E-state index contributed by atoms with van der Waals surface area (Å²) in [6.45, 7) is 10.3. The maximum Gasteiger partial charge on any atom is 0.332 e. The van der Waals surface area contributed by atoms with Crippen LogP contribution < -0.4 is 5.32 Å². The summed E-state index contributed by atoms with van der Waals surface area (Å²) in [5.74, 6) is -0.347. The summed E-state index contributed by atoms with van der Waals surface area (Å²) < 4.78 is 10.7. The fraction of sp³-hybridized carbons (Fsp3) is 0.875. The monoisotopic (exact) mass is 325 g/mol. The van der Waals surface area contributed by atoms with Gasteiger partial charge in [0.25, 0.3) is 0 Å². The van der Waals surface area contributed by atoms with Gasteiger partial charge in [0.1, 0.15) is 11.1 Å². The molecule has 3 heterocycles. The Bertz CT molecular complexity index is 490.